The van der Waals surface area contributed by atoms with Crippen LogP contribution in [0.4, 0.5) is 4.39 Å². The molecule has 2 rings (SSSR count). The Morgan fingerprint density at radius 3 is 2.50 bits per heavy atom. The van der Waals surface area contributed by atoms with Gasteiger partial charge in [-0.2, -0.15) is 0 Å². The van der Waals surface area contributed by atoms with Gasteiger partial charge in [0, 0.05) is 5.56 Å². The molecule has 1 N–H and O–H groups in total. The first-order valence-corrected chi connectivity index (χ1v) is 8.75. The Hall–Kier alpha value is -0.950. The minimum absolute atomic E-state index is 0.109. The maximum absolute atomic E-state index is 13.1. The number of carbonyl (C=O) groups excluding carboxylic acids is 1. The predicted octanol–water partition coefficient (Wildman–Crippen LogP) is 2.98. The van der Waals surface area contributed by atoms with Crippen molar-refractivity contribution in [3.63, 3.8) is 0 Å². The van der Waals surface area contributed by atoms with Crippen molar-refractivity contribution < 1.29 is 17.6 Å². The van der Waals surface area contributed by atoms with Crippen LogP contribution in [-0.2, 0) is 10.0 Å². The summed E-state index contributed by atoms with van der Waals surface area (Å²) in [6, 6.07) is 3.64. The summed E-state index contributed by atoms with van der Waals surface area (Å²) < 4.78 is 39.5. The van der Waals surface area contributed by atoms with Gasteiger partial charge < -0.3 is 0 Å². The molecular weight excluding hydrogens is 349 g/mol. The summed E-state index contributed by atoms with van der Waals surface area (Å²) in [6.07, 6.45) is 3.92. The van der Waals surface area contributed by atoms with Crippen molar-refractivity contribution in [3.05, 3.63) is 34.1 Å². The third kappa shape index (κ3) is 3.58. The zero-order valence-electron chi connectivity index (χ0n) is 10.7. The molecule has 0 atom stereocenters. The topological polar surface area (TPSA) is 63.2 Å². The summed E-state index contributed by atoms with van der Waals surface area (Å²) in [4.78, 5) is 11.9. The van der Waals surface area contributed by atoms with E-state index < -0.39 is 27.0 Å². The molecular formula is C13H15BrFNO3S. The van der Waals surface area contributed by atoms with Crippen molar-refractivity contribution in [3.8, 4) is 0 Å². The van der Waals surface area contributed by atoms with Gasteiger partial charge in [-0.1, -0.05) is 19.3 Å². The standard InChI is InChI=1S/C13H15BrFNO3S/c14-11-8-9(6-7-12(11)15)13(17)16-20(18,19)10-4-2-1-3-5-10/h6-8,10H,1-5H2,(H,16,17). The highest BCUT2D eigenvalue weighted by atomic mass is 79.9. The molecule has 1 fully saturated rings. The summed E-state index contributed by atoms with van der Waals surface area (Å²) in [5, 5.41) is -0.510. The van der Waals surface area contributed by atoms with E-state index in [0.717, 1.165) is 25.3 Å². The van der Waals surface area contributed by atoms with Crippen LogP contribution in [0, 0.1) is 5.82 Å². The molecule has 4 nitrogen and oxygen atoms in total. The van der Waals surface area contributed by atoms with Crippen LogP contribution < -0.4 is 4.72 Å². The highest BCUT2D eigenvalue weighted by Crippen LogP contribution is 2.23. The maximum Gasteiger partial charge on any atom is 0.264 e. The van der Waals surface area contributed by atoms with Gasteiger partial charge in [0.05, 0.1) is 9.72 Å². The minimum Gasteiger partial charge on any atom is -0.268 e. The van der Waals surface area contributed by atoms with Crippen molar-refractivity contribution >= 4 is 31.9 Å². The molecule has 20 heavy (non-hydrogen) atoms. The van der Waals surface area contributed by atoms with E-state index >= 15 is 0 Å². The first-order valence-electron chi connectivity index (χ1n) is 6.41. The average Bonchev–Trinajstić information content (AvgIpc) is 2.42. The number of amides is 1. The molecule has 1 aromatic carbocycles. The smallest absolute Gasteiger partial charge is 0.264 e. The summed E-state index contributed by atoms with van der Waals surface area (Å²) in [5.74, 6) is -1.23. The predicted molar refractivity (Wildman–Crippen MR) is 77.4 cm³/mol. The van der Waals surface area contributed by atoms with Gasteiger partial charge in [0.15, 0.2) is 0 Å². The number of rotatable bonds is 3. The Morgan fingerprint density at radius 1 is 1.25 bits per heavy atom. The Balaban J connectivity index is 2.11. The van der Waals surface area contributed by atoms with Crippen LogP contribution in [-0.4, -0.2) is 19.6 Å². The Labute approximate surface area is 125 Å². The van der Waals surface area contributed by atoms with Crippen LogP contribution in [0.25, 0.3) is 0 Å². The third-order valence-corrected chi connectivity index (χ3v) is 5.83. The first-order chi connectivity index (χ1) is 9.40. The van der Waals surface area contributed by atoms with Crippen molar-refractivity contribution in [2.24, 2.45) is 0 Å². The Morgan fingerprint density at radius 2 is 1.90 bits per heavy atom. The molecule has 0 aromatic heterocycles. The number of halogens is 2. The van der Waals surface area contributed by atoms with E-state index in [0.29, 0.717) is 12.8 Å². The molecule has 1 aliphatic carbocycles. The lowest BCUT2D eigenvalue weighted by molar-refractivity contribution is 0.0980. The zero-order chi connectivity index (χ0) is 14.8. The van der Waals surface area contributed by atoms with Crippen LogP contribution in [0.5, 0.6) is 0 Å². The molecule has 0 heterocycles. The van der Waals surface area contributed by atoms with Crippen LogP contribution in [0.3, 0.4) is 0 Å². The van der Waals surface area contributed by atoms with Crippen LogP contribution in [0.2, 0.25) is 0 Å². The number of hydrogen-bond donors (Lipinski definition) is 1. The summed E-state index contributed by atoms with van der Waals surface area (Å²) in [5.41, 5.74) is 0.109. The quantitative estimate of drug-likeness (QED) is 0.897. The van der Waals surface area contributed by atoms with Gasteiger partial charge in [-0.05, 0) is 47.0 Å². The fourth-order valence-corrected chi connectivity index (χ4v) is 4.16. The molecule has 1 aliphatic rings. The molecule has 0 saturated heterocycles. The molecule has 0 bridgehead atoms. The van der Waals surface area contributed by atoms with E-state index in [4.69, 9.17) is 0 Å². The van der Waals surface area contributed by atoms with Gasteiger partial charge in [-0.15, -0.1) is 0 Å². The second-order valence-electron chi connectivity index (χ2n) is 4.87. The minimum atomic E-state index is -3.66. The molecule has 0 radical (unpaired) electrons. The average molecular weight is 364 g/mol. The molecule has 1 aromatic rings. The van der Waals surface area contributed by atoms with Gasteiger partial charge in [-0.3, -0.25) is 4.79 Å². The highest BCUT2D eigenvalue weighted by molar-refractivity contribution is 9.10. The lowest BCUT2D eigenvalue weighted by atomic mass is 10.0. The monoisotopic (exact) mass is 363 g/mol. The zero-order valence-corrected chi connectivity index (χ0v) is 13.1. The van der Waals surface area contributed by atoms with Gasteiger partial charge >= 0.3 is 0 Å². The number of nitrogens with one attached hydrogen (secondary N) is 1. The molecule has 1 saturated carbocycles. The largest absolute Gasteiger partial charge is 0.268 e. The lowest BCUT2D eigenvalue weighted by Crippen LogP contribution is -2.39. The number of benzene rings is 1. The summed E-state index contributed by atoms with van der Waals surface area (Å²) in [6.45, 7) is 0. The lowest BCUT2D eigenvalue weighted by Gasteiger charge is -2.21. The van der Waals surface area contributed by atoms with Gasteiger partial charge in [-0.25, -0.2) is 17.5 Å². The second-order valence-corrected chi connectivity index (χ2v) is 7.68. The number of carbonyl (C=O) groups is 1. The summed E-state index contributed by atoms with van der Waals surface area (Å²) in [7, 11) is -3.66. The van der Waals surface area contributed by atoms with Crippen LogP contribution in [0.1, 0.15) is 42.5 Å². The molecule has 0 spiro atoms. The number of hydrogen-bond acceptors (Lipinski definition) is 3. The van der Waals surface area contributed by atoms with Crippen molar-refractivity contribution in [1.29, 1.82) is 0 Å². The van der Waals surface area contributed by atoms with Gasteiger partial charge in [0.1, 0.15) is 5.82 Å². The fourth-order valence-electron chi connectivity index (χ4n) is 2.28. The van der Waals surface area contributed by atoms with Crippen molar-refractivity contribution in [1.82, 2.24) is 4.72 Å². The van der Waals surface area contributed by atoms with Crippen molar-refractivity contribution in [2.45, 2.75) is 37.4 Å². The number of sulfonamides is 1. The van der Waals surface area contributed by atoms with Gasteiger partial charge in [0.25, 0.3) is 5.91 Å². The summed E-state index contributed by atoms with van der Waals surface area (Å²) >= 11 is 2.97. The highest BCUT2D eigenvalue weighted by Gasteiger charge is 2.29. The van der Waals surface area contributed by atoms with E-state index in [-0.39, 0.29) is 10.0 Å². The fraction of sp³-hybridized carbons (Fsp3) is 0.462. The Kier molecular flexibility index (Phi) is 4.80. The molecule has 110 valence electrons. The van der Waals surface area contributed by atoms with E-state index in [9.17, 15) is 17.6 Å². The van der Waals surface area contributed by atoms with E-state index in [1.807, 2.05) is 0 Å². The van der Waals surface area contributed by atoms with Crippen molar-refractivity contribution in [2.75, 3.05) is 0 Å². The maximum atomic E-state index is 13.1. The Bertz CT molecular complexity index is 612. The van der Waals surface area contributed by atoms with Crippen LogP contribution in [0.15, 0.2) is 22.7 Å². The molecule has 0 aliphatic heterocycles. The molecule has 0 unspecified atom stereocenters. The first kappa shape index (κ1) is 15.4. The molecule has 1 amide bonds. The second kappa shape index (κ2) is 6.22. The van der Waals surface area contributed by atoms with Crippen LogP contribution >= 0.6 is 15.9 Å². The normalized spacial score (nSPS) is 16.9. The van der Waals surface area contributed by atoms with E-state index in [2.05, 4.69) is 20.7 Å². The van der Waals surface area contributed by atoms with E-state index in [1.54, 1.807) is 0 Å². The third-order valence-electron chi connectivity index (χ3n) is 3.41. The molecule has 7 heteroatoms. The SMILES string of the molecule is O=C(NS(=O)(=O)C1CCCCC1)c1ccc(F)c(Br)c1. The van der Waals surface area contributed by atoms with Gasteiger partial charge in [0.2, 0.25) is 10.0 Å². The van der Waals surface area contributed by atoms with E-state index in [1.165, 1.54) is 12.1 Å².